The molecule has 26 heavy (non-hydrogen) atoms. The highest BCUT2D eigenvalue weighted by Gasteiger charge is 2.23. The maximum absolute atomic E-state index is 11.6. The van der Waals surface area contributed by atoms with Crippen molar-refractivity contribution in [1.29, 1.82) is 0 Å². The molecule has 0 bridgehead atoms. The molecule has 0 aromatic carbocycles. The van der Waals surface area contributed by atoms with Gasteiger partial charge in [0.1, 0.15) is 0 Å². The van der Waals surface area contributed by atoms with Crippen molar-refractivity contribution in [1.82, 2.24) is 15.5 Å². The highest BCUT2D eigenvalue weighted by atomic mass is 127. The molecule has 0 aromatic rings. The van der Waals surface area contributed by atoms with E-state index in [1.807, 2.05) is 0 Å². The van der Waals surface area contributed by atoms with E-state index in [2.05, 4.69) is 29.4 Å². The zero-order chi connectivity index (χ0) is 18.1. The van der Waals surface area contributed by atoms with E-state index in [1.165, 1.54) is 32.1 Å². The molecular formula is C20H39IN4O. The first kappa shape index (κ1) is 23.5. The Balaban J connectivity index is 0.00000338. The molecule has 2 aliphatic rings. The van der Waals surface area contributed by atoms with E-state index < -0.39 is 0 Å². The second kappa shape index (κ2) is 12.8. The van der Waals surface area contributed by atoms with Gasteiger partial charge in [0.15, 0.2) is 5.96 Å². The number of likely N-dealkylation sites (tertiary alicyclic amines) is 1. The Morgan fingerprint density at radius 1 is 1.15 bits per heavy atom. The van der Waals surface area contributed by atoms with E-state index in [0.717, 1.165) is 56.8 Å². The Kier molecular flexibility index (Phi) is 11.6. The zero-order valence-corrected chi connectivity index (χ0v) is 19.3. The van der Waals surface area contributed by atoms with Gasteiger partial charge in [0.25, 0.3) is 0 Å². The van der Waals surface area contributed by atoms with E-state index in [0.29, 0.717) is 12.3 Å². The average molecular weight is 478 g/mol. The number of piperidine rings is 1. The summed E-state index contributed by atoms with van der Waals surface area (Å²) in [4.78, 5) is 18.8. The van der Waals surface area contributed by atoms with Crippen molar-refractivity contribution in [3.63, 3.8) is 0 Å². The van der Waals surface area contributed by atoms with Crippen LogP contribution in [0.5, 0.6) is 0 Å². The summed E-state index contributed by atoms with van der Waals surface area (Å²) in [6.45, 7) is 8.40. The van der Waals surface area contributed by atoms with Gasteiger partial charge in [-0.1, -0.05) is 26.2 Å². The van der Waals surface area contributed by atoms with Crippen LogP contribution in [-0.2, 0) is 4.79 Å². The van der Waals surface area contributed by atoms with Crippen LogP contribution >= 0.6 is 24.0 Å². The summed E-state index contributed by atoms with van der Waals surface area (Å²) in [5, 5.41) is 6.20. The van der Waals surface area contributed by atoms with Gasteiger partial charge in [-0.15, -0.1) is 24.0 Å². The number of guanidine groups is 1. The summed E-state index contributed by atoms with van der Waals surface area (Å²) in [5.74, 6) is 3.53. The number of hydrogen-bond donors (Lipinski definition) is 2. The van der Waals surface area contributed by atoms with Gasteiger partial charge >= 0.3 is 0 Å². The van der Waals surface area contributed by atoms with Crippen molar-refractivity contribution in [2.75, 3.05) is 33.2 Å². The van der Waals surface area contributed by atoms with Gasteiger partial charge in [0, 0.05) is 39.6 Å². The normalized spacial score (nSPS) is 24.7. The average Bonchev–Trinajstić information content (AvgIpc) is 2.62. The minimum absolute atomic E-state index is 0. The first-order valence-corrected chi connectivity index (χ1v) is 10.4. The Morgan fingerprint density at radius 3 is 2.50 bits per heavy atom. The molecule has 1 saturated heterocycles. The third kappa shape index (κ3) is 8.01. The molecule has 5 nitrogen and oxygen atoms in total. The summed E-state index contributed by atoms with van der Waals surface area (Å²) in [5.41, 5.74) is 0. The zero-order valence-electron chi connectivity index (χ0n) is 16.9. The third-order valence-corrected chi connectivity index (χ3v) is 5.85. The molecule has 2 fully saturated rings. The van der Waals surface area contributed by atoms with Gasteiger partial charge in [-0.05, 0) is 50.4 Å². The number of rotatable bonds is 6. The number of nitrogens with zero attached hydrogens (tertiary/aromatic N) is 2. The minimum Gasteiger partial charge on any atom is -0.359 e. The van der Waals surface area contributed by atoms with Gasteiger partial charge in [-0.3, -0.25) is 9.79 Å². The summed E-state index contributed by atoms with van der Waals surface area (Å²) >= 11 is 0. The predicted octanol–water partition coefficient (Wildman–Crippen LogP) is 3.63. The van der Waals surface area contributed by atoms with Crippen LogP contribution in [0.3, 0.4) is 0 Å². The van der Waals surface area contributed by atoms with E-state index in [9.17, 15) is 4.79 Å². The fraction of sp³-hybridized carbons (Fsp3) is 0.900. The van der Waals surface area contributed by atoms with Crippen LogP contribution in [0.25, 0.3) is 0 Å². The second-order valence-electron chi connectivity index (χ2n) is 7.97. The second-order valence-corrected chi connectivity index (χ2v) is 7.97. The molecule has 1 amide bonds. The number of nitrogens with one attached hydrogen (secondary N) is 2. The molecule has 2 atom stereocenters. The van der Waals surface area contributed by atoms with Crippen LogP contribution in [0.1, 0.15) is 65.2 Å². The number of halogens is 1. The van der Waals surface area contributed by atoms with Crippen LogP contribution in [0.2, 0.25) is 0 Å². The first-order valence-electron chi connectivity index (χ1n) is 10.4. The molecule has 1 aliphatic carbocycles. The van der Waals surface area contributed by atoms with Crippen LogP contribution < -0.4 is 10.6 Å². The van der Waals surface area contributed by atoms with Crippen LogP contribution in [0.15, 0.2) is 4.99 Å². The van der Waals surface area contributed by atoms with E-state index in [-0.39, 0.29) is 29.9 Å². The molecule has 2 N–H and O–H groups in total. The Labute approximate surface area is 177 Å². The third-order valence-electron chi connectivity index (χ3n) is 5.85. The highest BCUT2D eigenvalue weighted by molar-refractivity contribution is 14.0. The molecule has 1 saturated carbocycles. The van der Waals surface area contributed by atoms with Crippen LogP contribution in [0, 0.1) is 17.8 Å². The molecule has 152 valence electrons. The Morgan fingerprint density at radius 2 is 1.88 bits per heavy atom. The number of amides is 1. The lowest BCUT2D eigenvalue weighted by Gasteiger charge is -2.34. The summed E-state index contributed by atoms with van der Waals surface area (Å²) in [6.07, 6.45) is 9.64. The standard InChI is InChI=1S/C20H38N4O.HI/c1-4-22-20(23-11-8-17-7-5-6-16(2)14-17)24-12-9-18(10-13-24)15-19(25)21-3;/h16-18H,4-15H2,1-3H3,(H,21,25)(H,22,23);1H. The van der Waals surface area contributed by atoms with Crippen molar-refractivity contribution in [3.8, 4) is 0 Å². The summed E-state index contributed by atoms with van der Waals surface area (Å²) < 4.78 is 0. The van der Waals surface area contributed by atoms with Gasteiger partial charge in [-0.25, -0.2) is 0 Å². The van der Waals surface area contributed by atoms with Gasteiger partial charge < -0.3 is 15.5 Å². The van der Waals surface area contributed by atoms with Gasteiger partial charge in [0.05, 0.1) is 0 Å². The van der Waals surface area contributed by atoms with E-state index in [4.69, 9.17) is 4.99 Å². The highest BCUT2D eigenvalue weighted by Crippen LogP contribution is 2.30. The van der Waals surface area contributed by atoms with Crippen LogP contribution in [0.4, 0.5) is 0 Å². The Bertz CT molecular complexity index is 436. The fourth-order valence-corrected chi connectivity index (χ4v) is 4.31. The largest absolute Gasteiger partial charge is 0.359 e. The van der Waals surface area contributed by atoms with Gasteiger partial charge in [-0.2, -0.15) is 0 Å². The number of carbonyl (C=O) groups excluding carboxylic acids is 1. The monoisotopic (exact) mass is 478 g/mol. The lowest BCUT2D eigenvalue weighted by atomic mass is 9.81. The molecule has 0 radical (unpaired) electrons. The van der Waals surface area contributed by atoms with Crippen LogP contribution in [-0.4, -0.2) is 50.0 Å². The number of carbonyl (C=O) groups is 1. The topological polar surface area (TPSA) is 56.7 Å². The molecule has 6 heteroatoms. The van der Waals surface area contributed by atoms with E-state index >= 15 is 0 Å². The maximum atomic E-state index is 11.6. The summed E-state index contributed by atoms with van der Waals surface area (Å²) in [6, 6.07) is 0. The molecule has 2 rings (SSSR count). The lowest BCUT2D eigenvalue weighted by molar-refractivity contribution is -0.121. The molecular weight excluding hydrogens is 439 g/mol. The smallest absolute Gasteiger partial charge is 0.220 e. The summed E-state index contributed by atoms with van der Waals surface area (Å²) in [7, 11) is 1.72. The van der Waals surface area contributed by atoms with Crippen molar-refractivity contribution in [3.05, 3.63) is 0 Å². The molecule has 1 heterocycles. The number of hydrogen-bond acceptors (Lipinski definition) is 2. The van der Waals surface area contributed by atoms with Crippen molar-refractivity contribution >= 4 is 35.8 Å². The van der Waals surface area contributed by atoms with Gasteiger partial charge in [0.2, 0.25) is 5.91 Å². The molecule has 1 aliphatic heterocycles. The maximum Gasteiger partial charge on any atom is 0.220 e. The quantitative estimate of drug-likeness (QED) is 0.348. The van der Waals surface area contributed by atoms with Crippen molar-refractivity contribution in [2.45, 2.75) is 65.2 Å². The predicted molar refractivity (Wildman–Crippen MR) is 120 cm³/mol. The fourth-order valence-electron chi connectivity index (χ4n) is 4.31. The Hall–Kier alpha value is -0.530. The molecule has 0 aromatic heterocycles. The lowest BCUT2D eigenvalue weighted by Crippen LogP contribution is -2.46. The minimum atomic E-state index is 0. The molecule has 2 unspecified atom stereocenters. The first-order chi connectivity index (χ1) is 12.1. The SMILES string of the molecule is CCNC(=NCCC1CCCC(C)C1)N1CCC(CC(=O)NC)CC1.I. The van der Waals surface area contributed by atoms with Crippen molar-refractivity contribution in [2.24, 2.45) is 22.7 Å². The number of aliphatic imine (C=N–C) groups is 1. The van der Waals surface area contributed by atoms with E-state index in [1.54, 1.807) is 7.05 Å². The molecule has 0 spiro atoms. The van der Waals surface area contributed by atoms with Crippen molar-refractivity contribution < 1.29 is 4.79 Å².